The number of hydrogen-bond donors (Lipinski definition) is 1. The molecule has 1 amide bonds. The van der Waals surface area contributed by atoms with Gasteiger partial charge in [-0.2, -0.15) is 0 Å². The van der Waals surface area contributed by atoms with E-state index in [1.165, 1.54) is 16.7 Å². The predicted molar refractivity (Wildman–Crippen MR) is 89.5 cm³/mol. The number of carboxylic acid groups (broad SMARTS) is 1. The smallest absolute Gasteiger partial charge is 0.352 e. The minimum atomic E-state index is -1.05. The first-order valence-corrected chi connectivity index (χ1v) is 9.43. The number of fused-ring (bicyclic) bond motifs is 1. The lowest BCUT2D eigenvalue weighted by Gasteiger charge is -2.43. The average Bonchev–Trinajstić information content (AvgIpc) is 2.97. The molecule has 1 unspecified atom stereocenters. The molecular formula is C13H18N6O3S2. The van der Waals surface area contributed by atoms with Gasteiger partial charge in [0, 0.05) is 18.1 Å². The first-order valence-electron chi connectivity index (χ1n) is 7.40. The summed E-state index contributed by atoms with van der Waals surface area (Å²) in [6.45, 7) is 1.47. The fourth-order valence-corrected chi connectivity index (χ4v) is 4.78. The van der Waals surface area contributed by atoms with Crippen molar-refractivity contribution in [3.8, 4) is 0 Å². The second-order valence-electron chi connectivity index (χ2n) is 5.77. The van der Waals surface area contributed by atoms with Gasteiger partial charge in [0.2, 0.25) is 11.1 Å². The molecule has 3 rings (SSSR count). The Morgan fingerprint density at radius 3 is 2.96 bits per heavy atom. The lowest BCUT2D eigenvalue weighted by atomic mass is 10.1. The summed E-state index contributed by atoms with van der Waals surface area (Å²) in [7, 11) is 3.95. The molecule has 1 atom stereocenters. The third-order valence-corrected chi connectivity index (χ3v) is 6.09. The fourth-order valence-electron chi connectivity index (χ4n) is 2.48. The third-order valence-electron chi connectivity index (χ3n) is 3.77. The quantitative estimate of drug-likeness (QED) is 0.523. The molecule has 9 nitrogen and oxygen atoms in total. The Balaban J connectivity index is 1.71. The largest absolute Gasteiger partial charge is 0.477 e. The zero-order chi connectivity index (χ0) is 17.3. The van der Waals surface area contributed by atoms with Gasteiger partial charge in [0.25, 0.3) is 0 Å². The van der Waals surface area contributed by atoms with Crippen LogP contribution in [0.2, 0.25) is 0 Å². The molecule has 1 saturated heterocycles. The van der Waals surface area contributed by atoms with E-state index in [1.54, 1.807) is 16.4 Å². The molecule has 11 heteroatoms. The standard InChI is InChI=1S/C13H18N6O3S2/c1-17(2)3-4-18-13(14-15-16-18)24-7-8-6-23-10-5-9(20)19(10)11(8)12(21)22/h10H,3-7H2,1-2H3,(H,21,22). The van der Waals surface area contributed by atoms with Gasteiger partial charge in [-0.3, -0.25) is 9.69 Å². The van der Waals surface area contributed by atoms with Gasteiger partial charge in [-0.1, -0.05) is 11.8 Å². The first-order chi connectivity index (χ1) is 11.5. The monoisotopic (exact) mass is 370 g/mol. The predicted octanol–water partition coefficient (Wildman–Crippen LogP) is -0.0293. The topological polar surface area (TPSA) is 104 Å². The number of aromatic nitrogens is 4. The molecule has 24 heavy (non-hydrogen) atoms. The van der Waals surface area contributed by atoms with Crippen LogP contribution in [0.15, 0.2) is 16.4 Å². The highest BCUT2D eigenvalue weighted by Crippen LogP contribution is 2.40. The minimum Gasteiger partial charge on any atom is -0.477 e. The van der Waals surface area contributed by atoms with Crippen molar-refractivity contribution in [2.75, 3.05) is 32.1 Å². The van der Waals surface area contributed by atoms with Crippen LogP contribution in [0.5, 0.6) is 0 Å². The normalized spacial score (nSPS) is 20.4. The molecule has 1 fully saturated rings. The number of carbonyl (C=O) groups is 2. The zero-order valence-corrected chi connectivity index (χ0v) is 15.0. The van der Waals surface area contributed by atoms with Crippen molar-refractivity contribution in [1.29, 1.82) is 0 Å². The number of likely N-dealkylation sites (N-methyl/N-ethyl adjacent to an activating group) is 1. The molecule has 0 aromatic carbocycles. The summed E-state index contributed by atoms with van der Waals surface area (Å²) in [5.41, 5.74) is 0.874. The van der Waals surface area contributed by atoms with Crippen molar-refractivity contribution in [3.63, 3.8) is 0 Å². The van der Waals surface area contributed by atoms with E-state index in [2.05, 4.69) is 15.5 Å². The third kappa shape index (κ3) is 3.42. The number of tetrazole rings is 1. The van der Waals surface area contributed by atoms with Gasteiger partial charge in [0.1, 0.15) is 5.70 Å². The second-order valence-corrected chi connectivity index (χ2v) is 7.88. The summed E-state index contributed by atoms with van der Waals surface area (Å²) < 4.78 is 1.71. The van der Waals surface area contributed by atoms with Gasteiger partial charge < -0.3 is 10.0 Å². The van der Waals surface area contributed by atoms with Crippen LogP contribution in [0.25, 0.3) is 0 Å². The van der Waals surface area contributed by atoms with E-state index in [0.29, 0.717) is 29.6 Å². The highest BCUT2D eigenvalue weighted by molar-refractivity contribution is 8.00. The van der Waals surface area contributed by atoms with Crippen molar-refractivity contribution in [3.05, 3.63) is 11.3 Å². The van der Waals surface area contributed by atoms with Crippen LogP contribution in [0.1, 0.15) is 6.42 Å². The Morgan fingerprint density at radius 2 is 2.29 bits per heavy atom. The van der Waals surface area contributed by atoms with Crippen LogP contribution in [0, 0.1) is 0 Å². The van der Waals surface area contributed by atoms with Gasteiger partial charge in [0.05, 0.1) is 18.3 Å². The maximum atomic E-state index is 11.7. The highest BCUT2D eigenvalue weighted by atomic mass is 32.2. The van der Waals surface area contributed by atoms with Crippen molar-refractivity contribution in [2.24, 2.45) is 0 Å². The first kappa shape index (κ1) is 17.2. The van der Waals surface area contributed by atoms with Crippen LogP contribution in [0.3, 0.4) is 0 Å². The number of β-lactam (4-membered cyclic amide) rings is 1. The second kappa shape index (κ2) is 7.11. The number of amides is 1. The van der Waals surface area contributed by atoms with Crippen LogP contribution in [-0.2, 0) is 16.1 Å². The Bertz CT molecular complexity index is 689. The highest BCUT2D eigenvalue weighted by Gasteiger charge is 2.45. The SMILES string of the molecule is CN(C)CCn1nnnc1SCC1=C(C(=O)O)N2C(=O)CC2SC1. The van der Waals surface area contributed by atoms with E-state index < -0.39 is 5.97 Å². The molecule has 2 aliphatic rings. The van der Waals surface area contributed by atoms with Gasteiger partial charge in [-0.25, -0.2) is 9.48 Å². The molecule has 0 radical (unpaired) electrons. The van der Waals surface area contributed by atoms with Gasteiger partial charge in [-0.05, 0) is 30.1 Å². The van der Waals surface area contributed by atoms with E-state index in [-0.39, 0.29) is 17.0 Å². The number of aliphatic carboxylic acids is 1. The van der Waals surface area contributed by atoms with Gasteiger partial charge in [-0.15, -0.1) is 16.9 Å². The molecule has 0 spiro atoms. The Hall–Kier alpha value is -1.59. The summed E-state index contributed by atoms with van der Waals surface area (Å²) in [6, 6.07) is 0. The Labute approximate surface area is 147 Å². The molecule has 1 N–H and O–H groups in total. The molecule has 1 aromatic heterocycles. The van der Waals surface area contributed by atoms with E-state index in [0.717, 1.165) is 12.1 Å². The van der Waals surface area contributed by atoms with Crippen LogP contribution in [0.4, 0.5) is 0 Å². The molecule has 3 heterocycles. The molecule has 0 bridgehead atoms. The Kier molecular flexibility index (Phi) is 5.11. The van der Waals surface area contributed by atoms with Crippen molar-refractivity contribution in [2.45, 2.75) is 23.5 Å². The maximum absolute atomic E-state index is 11.7. The summed E-state index contributed by atoms with van der Waals surface area (Å²) in [5, 5.41) is 21.8. The van der Waals surface area contributed by atoms with Gasteiger partial charge in [0.15, 0.2) is 0 Å². The van der Waals surface area contributed by atoms with Crippen molar-refractivity contribution < 1.29 is 14.7 Å². The summed E-state index contributed by atoms with van der Waals surface area (Å²) >= 11 is 3.00. The van der Waals surface area contributed by atoms with Crippen LogP contribution >= 0.6 is 23.5 Å². The van der Waals surface area contributed by atoms with E-state index >= 15 is 0 Å². The van der Waals surface area contributed by atoms with Gasteiger partial charge >= 0.3 is 5.97 Å². The van der Waals surface area contributed by atoms with Crippen LogP contribution < -0.4 is 0 Å². The van der Waals surface area contributed by atoms with Crippen LogP contribution in [-0.4, -0.2) is 84.5 Å². The number of carbonyl (C=O) groups excluding carboxylic acids is 1. The van der Waals surface area contributed by atoms with Crippen molar-refractivity contribution >= 4 is 35.4 Å². The fraction of sp³-hybridized carbons (Fsp3) is 0.615. The number of rotatable bonds is 7. The number of nitrogens with zero attached hydrogens (tertiary/aromatic N) is 6. The van der Waals surface area contributed by atoms with E-state index in [4.69, 9.17) is 0 Å². The maximum Gasteiger partial charge on any atom is 0.352 e. The van der Waals surface area contributed by atoms with E-state index in [9.17, 15) is 14.7 Å². The summed E-state index contributed by atoms with van der Waals surface area (Å²) in [4.78, 5) is 26.8. The lowest BCUT2D eigenvalue weighted by molar-refractivity contribution is -0.146. The minimum absolute atomic E-state index is 0.0252. The summed E-state index contributed by atoms with van der Waals surface area (Å²) in [6.07, 6.45) is 0.421. The summed E-state index contributed by atoms with van der Waals surface area (Å²) in [5.74, 6) is -0.102. The van der Waals surface area contributed by atoms with E-state index in [1.807, 2.05) is 19.0 Å². The van der Waals surface area contributed by atoms with Crippen molar-refractivity contribution in [1.82, 2.24) is 30.0 Å². The molecule has 1 aromatic rings. The molecule has 0 aliphatic carbocycles. The number of hydrogen-bond acceptors (Lipinski definition) is 8. The lowest BCUT2D eigenvalue weighted by Crippen LogP contribution is -2.54. The molecular weight excluding hydrogens is 352 g/mol. The zero-order valence-electron chi connectivity index (χ0n) is 13.4. The molecule has 0 saturated carbocycles. The Morgan fingerprint density at radius 1 is 1.50 bits per heavy atom. The number of carboxylic acids is 1. The molecule has 2 aliphatic heterocycles. The average molecular weight is 370 g/mol. The molecule has 130 valence electrons. The number of thioether (sulfide) groups is 2.